The first kappa shape index (κ1) is 22.0. The normalized spacial score (nSPS) is 11.8. The molecule has 0 bridgehead atoms. The van der Waals surface area contributed by atoms with Crippen LogP contribution < -0.4 is 15.9 Å². The molecule has 29 heavy (non-hydrogen) atoms. The highest BCUT2D eigenvalue weighted by Gasteiger charge is 2.34. The average Bonchev–Trinajstić information content (AvgIpc) is 2.72. The van der Waals surface area contributed by atoms with E-state index in [4.69, 9.17) is 34.8 Å². The fourth-order valence-corrected chi connectivity index (χ4v) is 8.25. The second-order valence-electron chi connectivity index (χ2n) is 6.54. The molecular weight excluding hydrogens is 446 g/mol. The molecule has 0 spiro atoms. The molecule has 0 unspecified atom stereocenters. The van der Waals surface area contributed by atoms with E-state index in [9.17, 15) is 9.90 Å². The fraction of sp³-hybridized carbons (Fsp3) is 0.130. The molecule has 0 saturated heterocycles. The van der Waals surface area contributed by atoms with Crippen LogP contribution in [-0.2, 0) is 4.79 Å². The van der Waals surface area contributed by atoms with E-state index in [0.717, 1.165) is 15.9 Å². The fourth-order valence-electron chi connectivity index (χ4n) is 3.55. The Kier molecular flexibility index (Phi) is 7.14. The van der Waals surface area contributed by atoms with Gasteiger partial charge in [-0.05, 0) is 35.6 Å². The maximum atomic E-state index is 12.6. The van der Waals surface area contributed by atoms with E-state index in [1.54, 1.807) is 0 Å². The third-order valence-corrected chi connectivity index (χ3v) is 9.74. The van der Waals surface area contributed by atoms with Gasteiger partial charge in [-0.1, -0.05) is 126 Å². The average molecular weight is 466 g/mol. The second-order valence-corrected chi connectivity index (χ2v) is 12.5. The summed E-state index contributed by atoms with van der Waals surface area (Å²) in [4.78, 5) is 12.6. The molecule has 3 aromatic carbocycles. The van der Waals surface area contributed by atoms with E-state index >= 15 is 0 Å². The zero-order valence-electron chi connectivity index (χ0n) is 15.5. The molecule has 150 valence electrons. The van der Waals surface area contributed by atoms with Crippen LogP contribution in [0.4, 0.5) is 0 Å². The highest BCUT2D eigenvalue weighted by Crippen LogP contribution is 2.48. The van der Waals surface area contributed by atoms with Crippen molar-refractivity contribution >= 4 is 68.9 Å². The summed E-state index contributed by atoms with van der Waals surface area (Å²) in [5.41, 5.74) is 0. The van der Waals surface area contributed by atoms with Gasteiger partial charge in [-0.2, -0.15) is 0 Å². The number of halogens is 3. The first-order valence-corrected chi connectivity index (χ1v) is 12.0. The Labute approximate surface area is 186 Å². The van der Waals surface area contributed by atoms with Crippen LogP contribution in [0.5, 0.6) is 0 Å². The van der Waals surface area contributed by atoms with Gasteiger partial charge in [0.2, 0.25) is 0 Å². The number of hydrogen-bond acceptors (Lipinski definition) is 1. The van der Waals surface area contributed by atoms with Gasteiger partial charge >= 0.3 is 5.97 Å². The predicted molar refractivity (Wildman–Crippen MR) is 127 cm³/mol. The smallest absolute Gasteiger partial charge is 0.332 e. The van der Waals surface area contributed by atoms with Gasteiger partial charge in [0.1, 0.15) is 0 Å². The van der Waals surface area contributed by atoms with Crippen LogP contribution >= 0.6 is 41.7 Å². The number of rotatable bonds is 6. The predicted octanol–water partition coefficient (Wildman–Crippen LogP) is 5.39. The Morgan fingerprint density at radius 3 is 1.34 bits per heavy atom. The van der Waals surface area contributed by atoms with E-state index in [1.807, 2.05) is 91.0 Å². The van der Waals surface area contributed by atoms with Gasteiger partial charge in [0.25, 0.3) is 0 Å². The van der Waals surface area contributed by atoms with Gasteiger partial charge in [-0.25, -0.2) is 4.79 Å². The van der Waals surface area contributed by atoms with E-state index in [0.29, 0.717) is 5.29 Å². The number of hydrogen-bond donors (Lipinski definition) is 1. The minimum atomic E-state index is -2.66. The summed E-state index contributed by atoms with van der Waals surface area (Å²) in [5.74, 6) is -0.968. The van der Waals surface area contributed by atoms with E-state index in [-0.39, 0.29) is 12.8 Å². The van der Waals surface area contributed by atoms with Crippen molar-refractivity contribution in [2.75, 3.05) is 0 Å². The minimum absolute atomic E-state index is 0.119. The molecule has 0 saturated carbocycles. The molecular formula is C23H20Cl3O2P. The lowest BCUT2D eigenvalue weighted by Gasteiger charge is -2.32. The van der Waals surface area contributed by atoms with Crippen molar-refractivity contribution in [3.63, 3.8) is 0 Å². The van der Waals surface area contributed by atoms with Crippen molar-refractivity contribution < 1.29 is 9.90 Å². The Morgan fingerprint density at radius 1 is 0.724 bits per heavy atom. The van der Waals surface area contributed by atoms with Crippen LogP contribution in [-0.4, -0.2) is 20.2 Å². The number of alkyl halides is 3. The molecule has 0 aliphatic rings. The highest BCUT2D eigenvalue weighted by atomic mass is 35.6. The first-order chi connectivity index (χ1) is 13.9. The second kappa shape index (κ2) is 9.41. The van der Waals surface area contributed by atoms with Crippen LogP contribution in [0.2, 0.25) is 0 Å². The molecule has 1 N–H and O–H groups in total. The number of carbonyl (C=O) groups is 1. The molecule has 2 nitrogen and oxygen atoms in total. The third-order valence-electron chi connectivity index (χ3n) is 4.73. The van der Waals surface area contributed by atoms with Gasteiger partial charge in [0, 0.05) is 5.29 Å². The molecule has 0 heterocycles. The number of aliphatic carboxylic acids is 1. The van der Waals surface area contributed by atoms with Gasteiger partial charge in [-0.15, -0.1) is 0 Å². The van der Waals surface area contributed by atoms with Crippen LogP contribution in [0.3, 0.4) is 0 Å². The van der Waals surface area contributed by atoms with E-state index in [2.05, 4.69) is 0 Å². The quantitative estimate of drug-likeness (QED) is 0.392. The number of carboxylic acids is 1. The molecule has 0 atom stereocenters. The Balaban J connectivity index is 2.49. The summed E-state index contributed by atoms with van der Waals surface area (Å²) in [6.07, 6.45) is 0.284. The van der Waals surface area contributed by atoms with Crippen LogP contribution in [0.15, 0.2) is 91.0 Å². The Bertz CT molecular complexity index is 911. The lowest BCUT2D eigenvalue weighted by atomic mass is 10.2. The largest absolute Gasteiger partial charge is 0.478 e. The van der Waals surface area contributed by atoms with Crippen molar-refractivity contribution in [3.05, 3.63) is 91.0 Å². The topological polar surface area (TPSA) is 37.3 Å². The standard InChI is InChI=1S/C23H20Cl3O2P/c24-23(25,26)17-16-21(22(27)28)29(18-10-4-1-5-11-18,19-12-6-2-7-13-19)20-14-8-3-9-15-20/h1-15H,16-17H2,(H,27,28). The number of benzene rings is 3. The molecule has 0 aliphatic carbocycles. The van der Waals surface area contributed by atoms with Gasteiger partial charge < -0.3 is 5.11 Å². The first-order valence-electron chi connectivity index (χ1n) is 9.08. The maximum Gasteiger partial charge on any atom is 0.332 e. The van der Waals surface area contributed by atoms with Crippen LogP contribution in [0.1, 0.15) is 12.8 Å². The molecule has 0 fully saturated rings. The van der Waals surface area contributed by atoms with Crippen molar-refractivity contribution in [1.82, 2.24) is 0 Å². The molecule has 6 heteroatoms. The third kappa shape index (κ3) is 4.90. The summed E-state index contributed by atoms with van der Waals surface area (Å²) in [6, 6.07) is 29.3. The van der Waals surface area contributed by atoms with Crippen molar-refractivity contribution in [1.29, 1.82) is 0 Å². The van der Waals surface area contributed by atoms with Gasteiger partial charge in [0.15, 0.2) is 3.79 Å². The summed E-state index contributed by atoms with van der Waals surface area (Å²) in [6.45, 7) is -2.66. The molecule has 3 aromatic rings. The molecule has 0 radical (unpaired) electrons. The van der Waals surface area contributed by atoms with Crippen molar-refractivity contribution in [2.45, 2.75) is 16.6 Å². The van der Waals surface area contributed by atoms with Crippen LogP contribution in [0.25, 0.3) is 0 Å². The summed E-state index contributed by atoms with van der Waals surface area (Å²) in [5, 5.41) is 13.6. The highest BCUT2D eigenvalue weighted by molar-refractivity contribution is 7.96. The van der Waals surface area contributed by atoms with Gasteiger partial charge in [-0.3, -0.25) is 0 Å². The molecule has 0 aliphatic heterocycles. The van der Waals surface area contributed by atoms with Gasteiger partial charge in [0.05, 0.1) is 0 Å². The van der Waals surface area contributed by atoms with Crippen molar-refractivity contribution in [3.8, 4) is 0 Å². The summed E-state index contributed by atoms with van der Waals surface area (Å²) >= 11 is 18.0. The maximum absolute atomic E-state index is 12.6. The zero-order chi connectivity index (χ0) is 20.9. The monoisotopic (exact) mass is 464 g/mol. The van der Waals surface area contributed by atoms with E-state index < -0.39 is 16.6 Å². The minimum Gasteiger partial charge on any atom is -0.478 e. The lowest BCUT2D eigenvalue weighted by molar-refractivity contribution is -0.129. The zero-order valence-corrected chi connectivity index (χ0v) is 18.7. The Hall–Kier alpha value is -1.70. The summed E-state index contributed by atoms with van der Waals surface area (Å²) in [7, 11) is 0. The molecule has 0 aromatic heterocycles. The number of carboxylic acid groups (broad SMARTS) is 1. The molecule has 0 amide bonds. The van der Waals surface area contributed by atoms with Crippen LogP contribution in [0, 0.1) is 0 Å². The van der Waals surface area contributed by atoms with Crippen molar-refractivity contribution in [2.24, 2.45) is 0 Å². The van der Waals surface area contributed by atoms with E-state index in [1.165, 1.54) is 0 Å². The molecule has 3 rings (SSSR count). The SMILES string of the molecule is O=C(O)C(CCC(Cl)(Cl)Cl)=P(c1ccccc1)(c1ccccc1)c1ccccc1. The summed E-state index contributed by atoms with van der Waals surface area (Å²) < 4.78 is -1.53. The lowest BCUT2D eigenvalue weighted by Crippen LogP contribution is -2.34. The Morgan fingerprint density at radius 2 is 1.07 bits per heavy atom.